The van der Waals surface area contributed by atoms with Gasteiger partial charge in [0.25, 0.3) is 5.91 Å². The van der Waals surface area contributed by atoms with E-state index in [2.05, 4.69) is 10.3 Å². The minimum atomic E-state index is -3.87. The summed E-state index contributed by atoms with van der Waals surface area (Å²) in [6.07, 6.45) is 2.21. The summed E-state index contributed by atoms with van der Waals surface area (Å²) in [4.78, 5) is 17.6. The van der Waals surface area contributed by atoms with E-state index in [1.807, 2.05) is 0 Å². The zero-order valence-corrected chi connectivity index (χ0v) is 26.5. The number of aromatic nitrogens is 1. The standard InChI is InChI=1S/C30H29FN4O6S3/c1-32-30(36)28-23-14-22(19-5-4-12-35(16-19)44(39,40)21-10-11-24-27(13-21)42-17-33-24)25(34(2)43(3,37)38)15-26(23)41-29(28)18-6-8-20(31)9-7-18/h6-11,13-15,17,19H,4-5,12,16H2,1-3H3,(H,32,36)/t19-/m1/s1. The van der Waals surface area contributed by atoms with Gasteiger partial charge in [0.15, 0.2) is 0 Å². The maximum absolute atomic E-state index is 13.8. The molecule has 5 aromatic rings. The second-order valence-corrected chi connectivity index (χ2v) is 15.6. The molecule has 6 rings (SSSR count). The van der Waals surface area contributed by atoms with E-state index in [0.717, 1.165) is 20.8 Å². The van der Waals surface area contributed by atoms with Crippen molar-refractivity contribution in [2.24, 2.45) is 0 Å². The molecule has 1 aliphatic rings. The number of sulfonamides is 2. The van der Waals surface area contributed by atoms with Gasteiger partial charge in [0.05, 0.1) is 38.1 Å². The molecule has 0 saturated carbocycles. The number of halogens is 1. The van der Waals surface area contributed by atoms with Gasteiger partial charge in [0, 0.05) is 44.2 Å². The molecule has 14 heteroatoms. The number of furan rings is 1. The fourth-order valence-corrected chi connectivity index (χ4v) is 8.50. The summed E-state index contributed by atoms with van der Waals surface area (Å²) in [6, 6.07) is 13.7. The highest BCUT2D eigenvalue weighted by Crippen LogP contribution is 2.42. The molecule has 1 atom stereocenters. The van der Waals surface area contributed by atoms with Crippen molar-refractivity contribution in [3.63, 3.8) is 0 Å². The molecule has 44 heavy (non-hydrogen) atoms. The zero-order chi connectivity index (χ0) is 31.4. The lowest BCUT2D eigenvalue weighted by Gasteiger charge is -2.34. The van der Waals surface area contributed by atoms with E-state index in [4.69, 9.17) is 4.42 Å². The fraction of sp³-hybridized carbons (Fsp3) is 0.267. The minimum Gasteiger partial charge on any atom is -0.455 e. The van der Waals surface area contributed by atoms with E-state index in [-0.39, 0.29) is 28.3 Å². The van der Waals surface area contributed by atoms with E-state index < -0.39 is 37.7 Å². The van der Waals surface area contributed by atoms with Crippen LogP contribution in [0, 0.1) is 5.82 Å². The van der Waals surface area contributed by atoms with Crippen LogP contribution in [0.25, 0.3) is 32.5 Å². The van der Waals surface area contributed by atoms with Gasteiger partial charge in [-0.15, -0.1) is 11.3 Å². The smallest absolute Gasteiger partial charge is 0.255 e. The lowest BCUT2D eigenvalue weighted by Crippen LogP contribution is -2.39. The number of amides is 1. The molecule has 1 N–H and O–H groups in total. The number of nitrogens with zero attached hydrogens (tertiary/aromatic N) is 3. The molecule has 1 saturated heterocycles. The van der Waals surface area contributed by atoms with Crippen molar-refractivity contribution in [1.82, 2.24) is 14.6 Å². The van der Waals surface area contributed by atoms with Gasteiger partial charge in [-0.3, -0.25) is 9.10 Å². The Morgan fingerprint density at radius 2 is 1.86 bits per heavy atom. The number of hydrogen-bond donors (Lipinski definition) is 1. The first kappa shape index (κ1) is 30.2. The molecule has 3 aromatic carbocycles. The minimum absolute atomic E-state index is 0.108. The molecule has 0 spiro atoms. The van der Waals surface area contributed by atoms with Crippen LogP contribution in [0.15, 0.2) is 69.4 Å². The first-order valence-electron chi connectivity index (χ1n) is 13.7. The third-order valence-electron chi connectivity index (χ3n) is 8.00. The van der Waals surface area contributed by atoms with Gasteiger partial charge in [-0.25, -0.2) is 26.2 Å². The van der Waals surface area contributed by atoms with Gasteiger partial charge in [-0.05, 0) is 72.9 Å². The van der Waals surface area contributed by atoms with Gasteiger partial charge < -0.3 is 9.73 Å². The summed E-state index contributed by atoms with van der Waals surface area (Å²) >= 11 is 1.36. The van der Waals surface area contributed by atoms with E-state index in [9.17, 15) is 26.0 Å². The number of thiazole rings is 1. The Hall–Kier alpha value is -3.85. The Morgan fingerprint density at radius 3 is 2.57 bits per heavy atom. The summed E-state index contributed by atoms with van der Waals surface area (Å²) in [7, 11) is -4.70. The van der Waals surface area contributed by atoms with E-state index >= 15 is 0 Å². The number of piperidine rings is 1. The second kappa shape index (κ2) is 11.3. The fourth-order valence-electron chi connectivity index (χ4n) is 5.64. The number of carbonyl (C=O) groups is 1. The predicted octanol–water partition coefficient (Wildman–Crippen LogP) is 5.17. The molecule has 1 amide bonds. The number of nitrogens with one attached hydrogen (secondary N) is 1. The molecule has 0 unspecified atom stereocenters. The van der Waals surface area contributed by atoms with Crippen molar-refractivity contribution >= 4 is 64.2 Å². The average molecular weight is 657 g/mol. The van der Waals surface area contributed by atoms with Crippen LogP contribution >= 0.6 is 11.3 Å². The molecule has 0 radical (unpaired) electrons. The van der Waals surface area contributed by atoms with Gasteiger partial charge in [0.1, 0.15) is 17.2 Å². The number of anilines is 1. The number of benzene rings is 3. The molecule has 1 fully saturated rings. The highest BCUT2D eigenvalue weighted by Gasteiger charge is 2.34. The molecule has 230 valence electrons. The molecule has 10 nitrogen and oxygen atoms in total. The largest absolute Gasteiger partial charge is 0.455 e. The molecule has 2 aromatic heterocycles. The first-order chi connectivity index (χ1) is 20.9. The quantitative estimate of drug-likeness (QED) is 0.256. The van der Waals surface area contributed by atoms with Crippen LogP contribution in [0.3, 0.4) is 0 Å². The summed E-state index contributed by atoms with van der Waals surface area (Å²) < 4.78 is 76.3. The SMILES string of the molecule is CNC(=O)c1c(-c2ccc(F)cc2)oc2cc(N(C)S(C)(=O)=O)c([C@@H]3CCCN(S(=O)(=O)c4ccc5ncsc5c4)C3)cc12. The number of hydrogen-bond acceptors (Lipinski definition) is 8. The van der Waals surface area contributed by atoms with Gasteiger partial charge in [-0.2, -0.15) is 4.31 Å². The molecule has 1 aliphatic heterocycles. The summed E-state index contributed by atoms with van der Waals surface area (Å²) in [6.45, 7) is 0.417. The summed E-state index contributed by atoms with van der Waals surface area (Å²) in [5.41, 5.74) is 4.21. The van der Waals surface area contributed by atoms with Crippen molar-refractivity contribution in [2.75, 3.05) is 37.7 Å². The average Bonchev–Trinajstić information content (AvgIpc) is 3.63. The van der Waals surface area contributed by atoms with Crippen molar-refractivity contribution < 1.29 is 30.4 Å². The van der Waals surface area contributed by atoms with Crippen LogP contribution in [0.2, 0.25) is 0 Å². The van der Waals surface area contributed by atoms with Crippen LogP contribution < -0.4 is 9.62 Å². The van der Waals surface area contributed by atoms with E-state index in [1.54, 1.807) is 35.8 Å². The molecule has 0 bridgehead atoms. The topological polar surface area (TPSA) is 130 Å². The number of rotatable bonds is 7. The van der Waals surface area contributed by atoms with Crippen LogP contribution in [0.5, 0.6) is 0 Å². The van der Waals surface area contributed by atoms with Gasteiger partial charge in [0.2, 0.25) is 20.0 Å². The molecular weight excluding hydrogens is 628 g/mol. The summed E-state index contributed by atoms with van der Waals surface area (Å²) in [5.74, 6) is -1.08. The lowest BCUT2D eigenvalue weighted by atomic mass is 9.89. The van der Waals surface area contributed by atoms with Crippen LogP contribution in [0.1, 0.15) is 34.7 Å². The molecule has 3 heterocycles. The zero-order valence-electron chi connectivity index (χ0n) is 24.1. The normalized spacial score (nSPS) is 16.4. The highest BCUT2D eigenvalue weighted by molar-refractivity contribution is 7.92. The Bertz CT molecular complexity index is 2130. The number of fused-ring (bicyclic) bond motifs is 2. The highest BCUT2D eigenvalue weighted by atomic mass is 32.2. The molecular formula is C30H29FN4O6S3. The van der Waals surface area contributed by atoms with Crippen molar-refractivity contribution in [3.8, 4) is 11.3 Å². The third-order valence-corrected chi connectivity index (χ3v) is 11.8. The van der Waals surface area contributed by atoms with E-state index in [1.165, 1.54) is 54.0 Å². The first-order valence-corrected chi connectivity index (χ1v) is 17.9. The van der Waals surface area contributed by atoms with E-state index in [0.29, 0.717) is 41.6 Å². The maximum atomic E-state index is 13.8. The van der Waals surface area contributed by atoms with Crippen molar-refractivity contribution in [1.29, 1.82) is 0 Å². The third kappa shape index (κ3) is 5.36. The van der Waals surface area contributed by atoms with Gasteiger partial charge >= 0.3 is 0 Å². The number of carbonyl (C=O) groups excluding carboxylic acids is 1. The molecule has 0 aliphatic carbocycles. The predicted molar refractivity (Wildman–Crippen MR) is 169 cm³/mol. The van der Waals surface area contributed by atoms with Crippen LogP contribution in [-0.4, -0.2) is 65.5 Å². The van der Waals surface area contributed by atoms with Crippen LogP contribution in [-0.2, 0) is 20.0 Å². The maximum Gasteiger partial charge on any atom is 0.255 e. The monoisotopic (exact) mass is 656 g/mol. The van der Waals surface area contributed by atoms with Crippen molar-refractivity contribution in [2.45, 2.75) is 23.7 Å². The van der Waals surface area contributed by atoms with Crippen molar-refractivity contribution in [3.05, 3.63) is 77.1 Å². The lowest BCUT2D eigenvalue weighted by molar-refractivity contribution is 0.0964. The Balaban J connectivity index is 1.49. The van der Waals surface area contributed by atoms with Gasteiger partial charge in [-0.1, -0.05) is 0 Å². The second-order valence-electron chi connectivity index (χ2n) is 10.7. The Labute approximate surface area is 258 Å². The summed E-state index contributed by atoms with van der Waals surface area (Å²) in [5, 5.41) is 3.06. The Morgan fingerprint density at radius 1 is 1.11 bits per heavy atom. The Kier molecular flexibility index (Phi) is 7.72. The van der Waals surface area contributed by atoms with Crippen LogP contribution in [0.4, 0.5) is 10.1 Å².